The zero-order valence-corrected chi connectivity index (χ0v) is 8.59. The molecule has 80 valence electrons. The average Bonchev–Trinajstić information content (AvgIpc) is 2.57. The predicted molar refractivity (Wildman–Crippen MR) is 57.1 cm³/mol. The molecule has 0 radical (unpaired) electrons. The van der Waals surface area contributed by atoms with Crippen LogP contribution >= 0.6 is 0 Å². The van der Waals surface area contributed by atoms with Crippen molar-refractivity contribution in [3.05, 3.63) is 24.2 Å². The van der Waals surface area contributed by atoms with E-state index in [1.807, 2.05) is 23.7 Å². The summed E-state index contributed by atoms with van der Waals surface area (Å²) >= 11 is 0. The molecule has 5 nitrogen and oxygen atoms in total. The lowest BCUT2D eigenvalue weighted by Gasteiger charge is -2.09. The number of rotatable bonds is 3. The Morgan fingerprint density at radius 2 is 2.40 bits per heavy atom. The first-order valence-corrected chi connectivity index (χ1v) is 4.88. The van der Waals surface area contributed by atoms with Gasteiger partial charge in [-0.2, -0.15) is 0 Å². The number of fused-ring (bicyclic) bond motifs is 1. The fourth-order valence-corrected chi connectivity index (χ4v) is 1.64. The Hall–Kier alpha value is -1.46. The Morgan fingerprint density at radius 1 is 1.60 bits per heavy atom. The molecule has 0 spiro atoms. The molecule has 0 saturated carbocycles. The number of aromatic nitrogens is 3. The normalized spacial score (nSPS) is 13.3. The van der Waals surface area contributed by atoms with Crippen molar-refractivity contribution >= 4 is 11.2 Å². The second kappa shape index (κ2) is 3.96. The molecule has 1 atom stereocenters. The van der Waals surface area contributed by atoms with Gasteiger partial charge in [-0.3, -0.25) is 0 Å². The van der Waals surface area contributed by atoms with E-state index in [9.17, 15) is 0 Å². The number of aliphatic hydroxyl groups excluding tert-OH is 1. The van der Waals surface area contributed by atoms with Crippen molar-refractivity contribution < 1.29 is 5.11 Å². The number of hydrogen-bond acceptors (Lipinski definition) is 4. The van der Waals surface area contributed by atoms with Crippen molar-refractivity contribution in [1.29, 1.82) is 0 Å². The quantitative estimate of drug-likeness (QED) is 0.759. The zero-order chi connectivity index (χ0) is 10.8. The maximum absolute atomic E-state index is 8.83. The fraction of sp³-hybridized carbons (Fsp3) is 0.400. The molecule has 2 heterocycles. The van der Waals surface area contributed by atoms with E-state index in [1.54, 1.807) is 6.20 Å². The molecule has 0 aliphatic rings. The topological polar surface area (TPSA) is 77.0 Å². The second-order valence-corrected chi connectivity index (χ2v) is 3.49. The molecule has 2 aromatic rings. The third-order valence-electron chi connectivity index (χ3n) is 2.46. The van der Waals surface area contributed by atoms with Gasteiger partial charge in [0, 0.05) is 19.9 Å². The van der Waals surface area contributed by atoms with Crippen LogP contribution in [0.3, 0.4) is 0 Å². The third kappa shape index (κ3) is 1.71. The molecule has 0 aliphatic heterocycles. The van der Waals surface area contributed by atoms with Crippen LogP contribution in [0.25, 0.3) is 11.2 Å². The Bertz CT molecular complexity index is 465. The standard InChI is InChI=1S/C10H14N4O/c1-14-8-3-2-5-12-9(8)13-10(14)7(11)4-6-15/h2-3,5,7,15H,4,6,11H2,1H3. The van der Waals surface area contributed by atoms with Crippen LogP contribution in [-0.4, -0.2) is 26.2 Å². The summed E-state index contributed by atoms with van der Waals surface area (Å²) in [6.07, 6.45) is 2.22. The highest BCUT2D eigenvalue weighted by molar-refractivity contribution is 5.71. The third-order valence-corrected chi connectivity index (χ3v) is 2.46. The Kier molecular flexibility index (Phi) is 2.66. The highest BCUT2D eigenvalue weighted by Gasteiger charge is 2.14. The van der Waals surface area contributed by atoms with Crippen molar-refractivity contribution in [3.8, 4) is 0 Å². The maximum Gasteiger partial charge on any atom is 0.177 e. The highest BCUT2D eigenvalue weighted by atomic mass is 16.3. The van der Waals surface area contributed by atoms with Gasteiger partial charge in [0.05, 0.1) is 11.6 Å². The molecule has 0 aliphatic carbocycles. The SMILES string of the molecule is Cn1c(C(N)CCO)nc2ncccc21. The first kappa shape index (κ1) is 10.1. The van der Waals surface area contributed by atoms with E-state index in [4.69, 9.17) is 10.8 Å². The van der Waals surface area contributed by atoms with Crippen LogP contribution in [0.5, 0.6) is 0 Å². The van der Waals surface area contributed by atoms with Crippen LogP contribution in [0.1, 0.15) is 18.3 Å². The van der Waals surface area contributed by atoms with Crippen molar-refractivity contribution in [1.82, 2.24) is 14.5 Å². The van der Waals surface area contributed by atoms with Crippen LogP contribution in [0, 0.1) is 0 Å². The van der Waals surface area contributed by atoms with Gasteiger partial charge in [0.2, 0.25) is 0 Å². The van der Waals surface area contributed by atoms with Crippen molar-refractivity contribution in [2.75, 3.05) is 6.61 Å². The molecule has 3 N–H and O–H groups in total. The number of aliphatic hydroxyl groups is 1. The summed E-state index contributed by atoms with van der Waals surface area (Å²) in [5, 5.41) is 8.83. The molecule has 1 unspecified atom stereocenters. The molecular weight excluding hydrogens is 192 g/mol. The monoisotopic (exact) mass is 206 g/mol. The number of hydrogen-bond donors (Lipinski definition) is 2. The number of nitrogens with two attached hydrogens (primary N) is 1. The van der Waals surface area contributed by atoms with E-state index in [1.165, 1.54) is 0 Å². The summed E-state index contributed by atoms with van der Waals surface area (Å²) in [4.78, 5) is 8.50. The lowest BCUT2D eigenvalue weighted by atomic mass is 10.2. The minimum atomic E-state index is -0.241. The molecule has 0 saturated heterocycles. The molecule has 15 heavy (non-hydrogen) atoms. The summed E-state index contributed by atoms with van der Waals surface area (Å²) in [5.74, 6) is 0.762. The minimum Gasteiger partial charge on any atom is -0.396 e. The maximum atomic E-state index is 8.83. The molecule has 2 rings (SSSR count). The smallest absolute Gasteiger partial charge is 0.177 e. The van der Waals surface area contributed by atoms with E-state index in [2.05, 4.69) is 9.97 Å². The molecular formula is C10H14N4O. The van der Waals surface area contributed by atoms with Gasteiger partial charge in [0.25, 0.3) is 0 Å². The zero-order valence-electron chi connectivity index (χ0n) is 8.59. The van der Waals surface area contributed by atoms with Gasteiger partial charge in [-0.1, -0.05) is 0 Å². The van der Waals surface area contributed by atoms with Crippen LogP contribution < -0.4 is 5.73 Å². The van der Waals surface area contributed by atoms with E-state index in [0.717, 1.165) is 11.3 Å². The van der Waals surface area contributed by atoms with Gasteiger partial charge in [-0.25, -0.2) is 9.97 Å². The first-order valence-electron chi connectivity index (χ1n) is 4.88. The Labute approximate surface area is 87.6 Å². The first-order chi connectivity index (χ1) is 7.24. The largest absolute Gasteiger partial charge is 0.396 e. The highest BCUT2D eigenvalue weighted by Crippen LogP contribution is 2.17. The van der Waals surface area contributed by atoms with Gasteiger partial charge in [-0.15, -0.1) is 0 Å². The van der Waals surface area contributed by atoms with E-state index >= 15 is 0 Å². The number of pyridine rings is 1. The fourth-order valence-electron chi connectivity index (χ4n) is 1.64. The van der Waals surface area contributed by atoms with E-state index in [-0.39, 0.29) is 12.6 Å². The van der Waals surface area contributed by atoms with Gasteiger partial charge in [-0.05, 0) is 18.6 Å². The van der Waals surface area contributed by atoms with E-state index in [0.29, 0.717) is 12.1 Å². The molecule has 5 heteroatoms. The van der Waals surface area contributed by atoms with Crippen molar-refractivity contribution in [3.63, 3.8) is 0 Å². The summed E-state index contributed by atoms with van der Waals surface area (Å²) < 4.78 is 1.92. The lowest BCUT2D eigenvalue weighted by Crippen LogP contribution is -2.16. The Balaban J connectivity index is 2.48. The number of aryl methyl sites for hydroxylation is 1. The minimum absolute atomic E-state index is 0.0673. The molecule has 2 aromatic heterocycles. The van der Waals surface area contributed by atoms with Crippen LogP contribution in [0.2, 0.25) is 0 Å². The van der Waals surface area contributed by atoms with Gasteiger partial charge in [0.1, 0.15) is 5.82 Å². The van der Waals surface area contributed by atoms with Gasteiger partial charge < -0.3 is 15.4 Å². The summed E-state index contributed by atoms with van der Waals surface area (Å²) in [5.41, 5.74) is 7.56. The van der Waals surface area contributed by atoms with Crippen LogP contribution in [0.4, 0.5) is 0 Å². The summed E-state index contributed by atoms with van der Waals surface area (Å²) in [6.45, 7) is 0.0673. The summed E-state index contributed by atoms with van der Waals surface area (Å²) in [7, 11) is 1.91. The van der Waals surface area contributed by atoms with Gasteiger partial charge >= 0.3 is 0 Å². The summed E-state index contributed by atoms with van der Waals surface area (Å²) in [6, 6.07) is 3.57. The molecule has 0 bridgehead atoms. The van der Waals surface area contributed by atoms with Crippen LogP contribution in [-0.2, 0) is 7.05 Å². The number of nitrogens with zero attached hydrogens (tertiary/aromatic N) is 3. The molecule has 0 aromatic carbocycles. The van der Waals surface area contributed by atoms with Crippen molar-refractivity contribution in [2.45, 2.75) is 12.5 Å². The average molecular weight is 206 g/mol. The predicted octanol–water partition coefficient (Wildman–Crippen LogP) is 0.350. The Morgan fingerprint density at radius 3 is 3.07 bits per heavy atom. The molecule has 0 amide bonds. The van der Waals surface area contributed by atoms with E-state index < -0.39 is 0 Å². The second-order valence-electron chi connectivity index (χ2n) is 3.49. The number of imidazole rings is 1. The van der Waals surface area contributed by atoms with Gasteiger partial charge in [0.15, 0.2) is 5.65 Å². The van der Waals surface area contributed by atoms with Crippen LogP contribution in [0.15, 0.2) is 18.3 Å². The lowest BCUT2D eigenvalue weighted by molar-refractivity contribution is 0.274. The van der Waals surface area contributed by atoms with Crippen molar-refractivity contribution in [2.24, 2.45) is 12.8 Å². The molecule has 0 fully saturated rings.